The normalized spacial score (nSPS) is 23.5. The summed E-state index contributed by atoms with van der Waals surface area (Å²) in [4.78, 5) is 12.6. The summed E-state index contributed by atoms with van der Waals surface area (Å²) in [5.41, 5.74) is 7.35. The molecule has 1 aromatic rings. The van der Waals surface area contributed by atoms with E-state index < -0.39 is 0 Å². The number of halogens is 1. The van der Waals surface area contributed by atoms with Crippen LogP contribution in [0.5, 0.6) is 11.5 Å². The second-order valence-electron chi connectivity index (χ2n) is 8.25. The van der Waals surface area contributed by atoms with Gasteiger partial charge in [-0.1, -0.05) is 31.7 Å². The number of nitrogens with one attached hydrogen (secondary N) is 1. The zero-order valence-electron chi connectivity index (χ0n) is 17.2. The molecule has 2 aliphatic rings. The van der Waals surface area contributed by atoms with Gasteiger partial charge in [0.2, 0.25) is 5.91 Å². The topological polar surface area (TPSA) is 73.6 Å². The maximum atomic E-state index is 12.6. The van der Waals surface area contributed by atoms with Crippen molar-refractivity contribution in [3.8, 4) is 11.5 Å². The van der Waals surface area contributed by atoms with Gasteiger partial charge in [0.1, 0.15) is 0 Å². The van der Waals surface area contributed by atoms with Crippen LogP contribution in [0.3, 0.4) is 0 Å². The van der Waals surface area contributed by atoms with Gasteiger partial charge in [-0.15, -0.1) is 12.4 Å². The standard InChI is InChI=1S/C22H34N2O3.ClH/c1-26-19-10-9-17(14-20(19)27-2)22(11-4-3-5-12-22)15-24-21(25)13-16-7-6-8-18(16)23;/h9-10,14,16,18H,3-8,11-13,15,23H2,1-2H3,(H,24,25);1H/t16-,18+;/m0./s1. The Morgan fingerprint density at radius 3 is 2.43 bits per heavy atom. The second kappa shape index (κ2) is 10.4. The maximum Gasteiger partial charge on any atom is 0.220 e. The van der Waals surface area contributed by atoms with E-state index >= 15 is 0 Å². The average Bonchev–Trinajstić information content (AvgIpc) is 3.11. The zero-order valence-corrected chi connectivity index (χ0v) is 18.0. The highest BCUT2D eigenvalue weighted by molar-refractivity contribution is 5.85. The SMILES string of the molecule is COc1ccc(C2(CNC(=O)C[C@@H]3CCC[C@H]3N)CCCCC2)cc1OC.Cl. The first-order valence-electron chi connectivity index (χ1n) is 10.3. The first-order valence-corrected chi connectivity index (χ1v) is 10.3. The minimum absolute atomic E-state index is 0. The lowest BCUT2D eigenvalue weighted by Gasteiger charge is -2.38. The summed E-state index contributed by atoms with van der Waals surface area (Å²) in [6, 6.07) is 6.38. The third kappa shape index (κ3) is 5.12. The lowest BCUT2D eigenvalue weighted by Crippen LogP contribution is -2.43. The predicted molar refractivity (Wildman–Crippen MR) is 115 cm³/mol. The molecule has 6 heteroatoms. The van der Waals surface area contributed by atoms with Crippen molar-refractivity contribution in [3.63, 3.8) is 0 Å². The number of methoxy groups -OCH3 is 2. The Balaban J connectivity index is 0.00000280. The van der Waals surface area contributed by atoms with Gasteiger partial charge in [-0.25, -0.2) is 0 Å². The predicted octanol–water partition coefficient (Wildman–Crippen LogP) is 3.96. The highest BCUT2D eigenvalue weighted by atomic mass is 35.5. The fourth-order valence-corrected chi connectivity index (χ4v) is 4.86. The molecular formula is C22H35ClN2O3. The van der Waals surface area contributed by atoms with Crippen LogP contribution < -0.4 is 20.5 Å². The largest absolute Gasteiger partial charge is 0.493 e. The molecule has 5 nitrogen and oxygen atoms in total. The van der Waals surface area contributed by atoms with Crippen molar-refractivity contribution in [2.24, 2.45) is 11.7 Å². The Kier molecular flexibility index (Phi) is 8.44. The van der Waals surface area contributed by atoms with E-state index in [1.165, 1.54) is 24.8 Å². The van der Waals surface area contributed by atoms with E-state index in [4.69, 9.17) is 15.2 Å². The molecule has 158 valence electrons. The quantitative estimate of drug-likeness (QED) is 0.713. The number of ether oxygens (including phenoxy) is 2. The molecule has 3 N–H and O–H groups in total. The van der Waals surface area contributed by atoms with E-state index in [2.05, 4.69) is 17.4 Å². The van der Waals surface area contributed by atoms with Crippen LogP contribution in [0, 0.1) is 5.92 Å². The smallest absolute Gasteiger partial charge is 0.220 e. The van der Waals surface area contributed by atoms with Gasteiger partial charge < -0.3 is 20.5 Å². The maximum absolute atomic E-state index is 12.6. The third-order valence-corrected chi connectivity index (χ3v) is 6.60. The van der Waals surface area contributed by atoms with Crippen molar-refractivity contribution in [3.05, 3.63) is 23.8 Å². The van der Waals surface area contributed by atoms with Gasteiger partial charge in [-0.3, -0.25) is 4.79 Å². The van der Waals surface area contributed by atoms with Crippen LogP contribution in [0.2, 0.25) is 0 Å². The van der Waals surface area contributed by atoms with Crippen LogP contribution in [0.25, 0.3) is 0 Å². The van der Waals surface area contributed by atoms with Crippen molar-refractivity contribution < 1.29 is 14.3 Å². The molecule has 2 saturated carbocycles. The van der Waals surface area contributed by atoms with Gasteiger partial charge in [0.15, 0.2) is 11.5 Å². The Morgan fingerprint density at radius 2 is 1.82 bits per heavy atom. The van der Waals surface area contributed by atoms with E-state index in [0.29, 0.717) is 18.9 Å². The van der Waals surface area contributed by atoms with Gasteiger partial charge in [-0.05, 0) is 49.3 Å². The highest BCUT2D eigenvalue weighted by Gasteiger charge is 2.35. The minimum atomic E-state index is -0.0226. The van der Waals surface area contributed by atoms with Gasteiger partial charge >= 0.3 is 0 Å². The zero-order chi connectivity index (χ0) is 19.3. The molecule has 1 amide bonds. The van der Waals surface area contributed by atoms with Crippen molar-refractivity contribution in [2.45, 2.75) is 69.2 Å². The molecule has 28 heavy (non-hydrogen) atoms. The fourth-order valence-electron chi connectivity index (χ4n) is 4.86. The van der Waals surface area contributed by atoms with Crippen LogP contribution in [-0.2, 0) is 10.2 Å². The fraction of sp³-hybridized carbons (Fsp3) is 0.682. The number of hydrogen-bond acceptors (Lipinski definition) is 4. The molecule has 1 aromatic carbocycles. The number of rotatable bonds is 7. The monoisotopic (exact) mass is 410 g/mol. The van der Waals surface area contributed by atoms with E-state index in [-0.39, 0.29) is 29.8 Å². The third-order valence-electron chi connectivity index (χ3n) is 6.60. The Bertz CT molecular complexity index is 647. The molecule has 0 aliphatic heterocycles. The summed E-state index contributed by atoms with van der Waals surface area (Å²) in [7, 11) is 3.32. The summed E-state index contributed by atoms with van der Waals surface area (Å²) >= 11 is 0. The van der Waals surface area contributed by atoms with Gasteiger partial charge in [-0.2, -0.15) is 0 Å². The van der Waals surface area contributed by atoms with Crippen molar-refractivity contribution in [2.75, 3.05) is 20.8 Å². The summed E-state index contributed by atoms with van der Waals surface area (Å²) < 4.78 is 10.9. The average molecular weight is 411 g/mol. The lowest BCUT2D eigenvalue weighted by atomic mass is 9.69. The van der Waals surface area contributed by atoms with Crippen LogP contribution in [-0.4, -0.2) is 32.7 Å². The van der Waals surface area contributed by atoms with Crippen molar-refractivity contribution in [1.82, 2.24) is 5.32 Å². The van der Waals surface area contributed by atoms with E-state index in [1.807, 2.05) is 6.07 Å². The molecular weight excluding hydrogens is 376 g/mol. The molecule has 3 rings (SSSR count). The Labute approximate surface area is 175 Å². The highest BCUT2D eigenvalue weighted by Crippen LogP contribution is 2.42. The van der Waals surface area contributed by atoms with Crippen molar-refractivity contribution in [1.29, 1.82) is 0 Å². The molecule has 0 heterocycles. The summed E-state index contributed by atoms with van der Waals surface area (Å²) in [5.74, 6) is 1.98. The molecule has 2 fully saturated rings. The second-order valence-corrected chi connectivity index (χ2v) is 8.25. The summed E-state index contributed by atoms with van der Waals surface area (Å²) in [6.45, 7) is 0.684. The van der Waals surface area contributed by atoms with Crippen LogP contribution in [0.4, 0.5) is 0 Å². The van der Waals surface area contributed by atoms with Gasteiger partial charge in [0.25, 0.3) is 0 Å². The number of nitrogens with two attached hydrogens (primary N) is 1. The van der Waals surface area contributed by atoms with Gasteiger partial charge in [0, 0.05) is 24.4 Å². The van der Waals surface area contributed by atoms with E-state index in [1.54, 1.807) is 14.2 Å². The first-order chi connectivity index (χ1) is 13.1. The van der Waals surface area contributed by atoms with E-state index in [0.717, 1.165) is 43.6 Å². The molecule has 0 aromatic heterocycles. The number of hydrogen-bond donors (Lipinski definition) is 2. The van der Waals surface area contributed by atoms with Crippen LogP contribution >= 0.6 is 12.4 Å². The number of benzene rings is 1. The minimum Gasteiger partial charge on any atom is -0.493 e. The molecule has 0 spiro atoms. The molecule has 0 unspecified atom stereocenters. The summed E-state index contributed by atoms with van der Waals surface area (Å²) in [5, 5.41) is 3.24. The Morgan fingerprint density at radius 1 is 1.11 bits per heavy atom. The molecule has 2 aliphatic carbocycles. The van der Waals surface area contributed by atoms with Gasteiger partial charge in [0.05, 0.1) is 14.2 Å². The van der Waals surface area contributed by atoms with E-state index in [9.17, 15) is 4.79 Å². The molecule has 0 radical (unpaired) electrons. The number of amides is 1. The Hall–Kier alpha value is -1.46. The number of carbonyl (C=O) groups is 1. The van der Waals surface area contributed by atoms with Crippen molar-refractivity contribution >= 4 is 18.3 Å². The molecule has 0 bridgehead atoms. The van der Waals surface area contributed by atoms with Crippen LogP contribution in [0.15, 0.2) is 18.2 Å². The lowest BCUT2D eigenvalue weighted by molar-refractivity contribution is -0.122. The molecule has 2 atom stereocenters. The summed E-state index contributed by atoms with van der Waals surface area (Å²) in [6.07, 6.45) is 9.66. The molecule has 0 saturated heterocycles. The first kappa shape index (κ1) is 22.8. The van der Waals surface area contributed by atoms with Crippen LogP contribution in [0.1, 0.15) is 63.4 Å². The number of carbonyl (C=O) groups excluding carboxylic acids is 1.